The summed E-state index contributed by atoms with van der Waals surface area (Å²) in [6.45, 7) is 5.27. The number of nitrogens with one attached hydrogen (secondary N) is 1. The Morgan fingerprint density at radius 2 is 2.07 bits per heavy atom. The molecule has 0 atom stereocenters. The molecule has 0 fully saturated rings. The van der Waals surface area contributed by atoms with Crippen LogP contribution >= 0.6 is 11.3 Å². The Labute approximate surface area is 163 Å². The van der Waals surface area contributed by atoms with E-state index in [4.69, 9.17) is 4.74 Å². The number of carbonyl (C=O) groups is 1. The number of fused-ring (bicyclic) bond motifs is 2. The van der Waals surface area contributed by atoms with E-state index in [2.05, 4.69) is 22.1 Å². The molecule has 5 nitrogen and oxygen atoms in total. The van der Waals surface area contributed by atoms with Gasteiger partial charge in [-0.05, 0) is 35.9 Å². The largest absolute Gasteiger partial charge is 0.496 e. The number of amides is 1. The summed E-state index contributed by atoms with van der Waals surface area (Å²) in [5, 5.41) is 5.70. The van der Waals surface area contributed by atoms with E-state index in [0.717, 1.165) is 48.9 Å². The van der Waals surface area contributed by atoms with Gasteiger partial charge in [0, 0.05) is 24.4 Å². The van der Waals surface area contributed by atoms with E-state index in [1.54, 1.807) is 18.4 Å². The first-order chi connectivity index (χ1) is 13.2. The van der Waals surface area contributed by atoms with Gasteiger partial charge in [-0.2, -0.15) is 0 Å². The number of benzene rings is 2. The summed E-state index contributed by atoms with van der Waals surface area (Å²) >= 11 is 1.58. The van der Waals surface area contributed by atoms with Crippen LogP contribution in [0.3, 0.4) is 0 Å². The maximum Gasteiger partial charge on any atom is 0.261 e. The molecule has 0 saturated heterocycles. The Balaban J connectivity index is 1.57. The van der Waals surface area contributed by atoms with Crippen LogP contribution in [-0.4, -0.2) is 36.0 Å². The van der Waals surface area contributed by atoms with Crippen molar-refractivity contribution in [3.63, 3.8) is 0 Å². The van der Waals surface area contributed by atoms with Crippen LogP contribution in [0.2, 0.25) is 0 Å². The monoisotopic (exact) mass is 381 g/mol. The second-order valence-corrected chi connectivity index (χ2v) is 7.85. The number of thiazole rings is 1. The van der Waals surface area contributed by atoms with E-state index >= 15 is 0 Å². The van der Waals surface area contributed by atoms with Gasteiger partial charge >= 0.3 is 0 Å². The SMILES string of the molecule is CCCN1CCc2nc(NC(=O)c3cc4ccccc4cc3OC)sc2C1. The molecule has 0 bridgehead atoms. The molecule has 2 heterocycles. The highest BCUT2D eigenvalue weighted by Crippen LogP contribution is 2.30. The molecule has 1 amide bonds. The van der Waals surface area contributed by atoms with Crippen LogP contribution in [0.1, 0.15) is 34.3 Å². The fourth-order valence-corrected chi connectivity index (χ4v) is 4.58. The van der Waals surface area contributed by atoms with Crippen LogP contribution in [0.5, 0.6) is 5.75 Å². The molecule has 0 spiro atoms. The van der Waals surface area contributed by atoms with Gasteiger partial charge in [0.25, 0.3) is 5.91 Å². The standard InChI is InChI=1S/C21H23N3O2S/c1-3-9-24-10-8-17-19(13-24)27-21(22-17)23-20(25)16-11-14-6-4-5-7-15(14)12-18(16)26-2/h4-7,11-12H,3,8-10,13H2,1-2H3,(H,22,23,25). The van der Waals surface area contributed by atoms with Crippen molar-refractivity contribution in [1.29, 1.82) is 0 Å². The molecule has 4 rings (SSSR count). The summed E-state index contributed by atoms with van der Waals surface area (Å²) in [4.78, 5) is 21.2. The summed E-state index contributed by atoms with van der Waals surface area (Å²) in [5.74, 6) is 0.385. The lowest BCUT2D eigenvalue weighted by molar-refractivity contribution is 0.102. The number of carbonyl (C=O) groups excluding carboxylic acids is 1. The summed E-state index contributed by atoms with van der Waals surface area (Å²) in [6.07, 6.45) is 2.10. The van der Waals surface area contributed by atoms with Gasteiger partial charge in [-0.15, -0.1) is 11.3 Å². The fourth-order valence-electron chi connectivity index (χ4n) is 3.54. The zero-order chi connectivity index (χ0) is 18.8. The average Bonchev–Trinajstić information content (AvgIpc) is 3.08. The third-order valence-electron chi connectivity index (χ3n) is 4.88. The normalized spacial score (nSPS) is 14.1. The Morgan fingerprint density at radius 1 is 1.30 bits per heavy atom. The molecule has 140 valence electrons. The fraction of sp³-hybridized carbons (Fsp3) is 0.333. The van der Waals surface area contributed by atoms with Crippen LogP contribution < -0.4 is 10.1 Å². The minimum atomic E-state index is -0.186. The number of anilines is 1. The highest BCUT2D eigenvalue weighted by molar-refractivity contribution is 7.15. The molecule has 27 heavy (non-hydrogen) atoms. The number of rotatable bonds is 5. The van der Waals surface area contributed by atoms with Crippen molar-refractivity contribution in [3.05, 3.63) is 52.5 Å². The second kappa shape index (κ2) is 7.66. The van der Waals surface area contributed by atoms with Crippen molar-refractivity contribution in [2.75, 3.05) is 25.5 Å². The zero-order valence-electron chi connectivity index (χ0n) is 15.6. The van der Waals surface area contributed by atoms with E-state index in [-0.39, 0.29) is 5.91 Å². The van der Waals surface area contributed by atoms with Crippen molar-refractivity contribution in [2.45, 2.75) is 26.3 Å². The third-order valence-corrected chi connectivity index (χ3v) is 5.88. The van der Waals surface area contributed by atoms with Gasteiger partial charge in [-0.25, -0.2) is 4.98 Å². The summed E-state index contributed by atoms with van der Waals surface area (Å²) < 4.78 is 5.45. The smallest absolute Gasteiger partial charge is 0.261 e. The van der Waals surface area contributed by atoms with Crippen LogP contribution in [0.25, 0.3) is 10.8 Å². The van der Waals surface area contributed by atoms with E-state index in [0.29, 0.717) is 16.4 Å². The van der Waals surface area contributed by atoms with Crippen LogP contribution in [0.15, 0.2) is 36.4 Å². The van der Waals surface area contributed by atoms with Gasteiger partial charge in [-0.3, -0.25) is 15.0 Å². The van der Waals surface area contributed by atoms with Crippen molar-refractivity contribution in [1.82, 2.24) is 9.88 Å². The molecule has 0 saturated carbocycles. The first-order valence-electron chi connectivity index (χ1n) is 9.27. The van der Waals surface area contributed by atoms with Crippen molar-refractivity contribution < 1.29 is 9.53 Å². The predicted octanol–water partition coefficient (Wildman–Crippen LogP) is 4.33. The Bertz CT molecular complexity index is 983. The quantitative estimate of drug-likeness (QED) is 0.715. The lowest BCUT2D eigenvalue weighted by Crippen LogP contribution is -2.30. The van der Waals surface area contributed by atoms with Crippen molar-refractivity contribution in [2.24, 2.45) is 0 Å². The van der Waals surface area contributed by atoms with Crippen LogP contribution in [0, 0.1) is 0 Å². The minimum absolute atomic E-state index is 0.186. The van der Waals surface area contributed by atoms with E-state index < -0.39 is 0 Å². The van der Waals surface area contributed by atoms with Gasteiger partial charge in [0.05, 0.1) is 18.4 Å². The minimum Gasteiger partial charge on any atom is -0.496 e. The molecule has 0 aliphatic carbocycles. The molecular weight excluding hydrogens is 358 g/mol. The Hall–Kier alpha value is -2.44. The number of aromatic nitrogens is 1. The summed E-state index contributed by atoms with van der Waals surface area (Å²) in [6, 6.07) is 11.7. The van der Waals surface area contributed by atoms with E-state index in [1.807, 2.05) is 36.4 Å². The van der Waals surface area contributed by atoms with E-state index in [1.165, 1.54) is 4.88 Å². The molecule has 3 aromatic rings. The first-order valence-corrected chi connectivity index (χ1v) is 10.1. The van der Waals surface area contributed by atoms with Crippen LogP contribution in [0.4, 0.5) is 5.13 Å². The second-order valence-electron chi connectivity index (χ2n) is 6.77. The molecule has 1 aliphatic heterocycles. The maximum absolute atomic E-state index is 12.9. The average molecular weight is 382 g/mol. The topological polar surface area (TPSA) is 54.5 Å². The highest BCUT2D eigenvalue weighted by atomic mass is 32.1. The maximum atomic E-state index is 12.9. The third kappa shape index (κ3) is 3.68. The van der Waals surface area contributed by atoms with Gasteiger partial charge in [0.15, 0.2) is 5.13 Å². The molecule has 1 aromatic heterocycles. The lowest BCUT2D eigenvalue weighted by Gasteiger charge is -2.24. The highest BCUT2D eigenvalue weighted by Gasteiger charge is 2.22. The van der Waals surface area contributed by atoms with Crippen molar-refractivity contribution >= 4 is 33.1 Å². The number of hydrogen-bond donors (Lipinski definition) is 1. The molecule has 1 N–H and O–H groups in total. The Kier molecular flexibility index (Phi) is 5.09. The molecule has 6 heteroatoms. The molecule has 1 aliphatic rings. The lowest BCUT2D eigenvalue weighted by atomic mass is 10.1. The van der Waals surface area contributed by atoms with Crippen LogP contribution in [-0.2, 0) is 13.0 Å². The number of nitrogens with zero attached hydrogens (tertiary/aromatic N) is 2. The van der Waals surface area contributed by atoms with E-state index in [9.17, 15) is 4.79 Å². The number of ether oxygens (including phenoxy) is 1. The number of methoxy groups -OCH3 is 1. The molecule has 0 radical (unpaired) electrons. The van der Waals surface area contributed by atoms with Gasteiger partial charge in [0.1, 0.15) is 5.75 Å². The number of hydrogen-bond acceptors (Lipinski definition) is 5. The molecule has 0 unspecified atom stereocenters. The van der Waals surface area contributed by atoms with Gasteiger partial charge in [0.2, 0.25) is 0 Å². The summed E-state index contributed by atoms with van der Waals surface area (Å²) in [5.41, 5.74) is 1.64. The van der Waals surface area contributed by atoms with Crippen molar-refractivity contribution in [3.8, 4) is 5.75 Å². The summed E-state index contributed by atoms with van der Waals surface area (Å²) in [7, 11) is 1.59. The zero-order valence-corrected chi connectivity index (χ0v) is 16.4. The predicted molar refractivity (Wildman–Crippen MR) is 110 cm³/mol. The Morgan fingerprint density at radius 3 is 2.81 bits per heavy atom. The van der Waals surface area contributed by atoms with Gasteiger partial charge in [-0.1, -0.05) is 31.2 Å². The molecule has 2 aromatic carbocycles. The first kappa shape index (κ1) is 17.9. The van der Waals surface area contributed by atoms with Gasteiger partial charge < -0.3 is 4.74 Å². The molecular formula is C21H23N3O2S.